The molecule has 0 spiro atoms. The number of hydrogen-bond donors (Lipinski definition) is 1. The summed E-state index contributed by atoms with van der Waals surface area (Å²) in [6.07, 6.45) is 5.26. The Kier molecular flexibility index (Phi) is 5.49. The fourth-order valence-electron chi connectivity index (χ4n) is 2.85. The second-order valence-electron chi connectivity index (χ2n) is 6.53. The minimum absolute atomic E-state index is 0.155. The van der Waals surface area contributed by atoms with Gasteiger partial charge in [-0.3, -0.25) is 14.6 Å². The fraction of sp³-hybridized carbons (Fsp3) is 0.316. The molecule has 1 aliphatic carbocycles. The molecule has 0 unspecified atom stereocenters. The monoisotopic (exact) mass is 391 g/mol. The van der Waals surface area contributed by atoms with Gasteiger partial charge in [-0.2, -0.15) is 0 Å². The van der Waals surface area contributed by atoms with Crippen molar-refractivity contribution in [3.8, 4) is 0 Å². The Morgan fingerprint density at radius 1 is 1.15 bits per heavy atom. The second-order valence-corrected chi connectivity index (χ2v) is 7.40. The van der Waals surface area contributed by atoms with E-state index in [4.69, 9.17) is 23.2 Å². The van der Waals surface area contributed by atoms with Crippen LogP contribution in [0.5, 0.6) is 0 Å². The molecule has 1 N–H and O–H groups in total. The molecule has 7 heteroatoms. The van der Waals surface area contributed by atoms with Crippen molar-refractivity contribution in [2.24, 2.45) is 5.41 Å². The highest BCUT2D eigenvalue weighted by molar-refractivity contribution is 6.35. The molecule has 0 aliphatic heterocycles. The summed E-state index contributed by atoms with van der Waals surface area (Å²) >= 11 is 11.9. The summed E-state index contributed by atoms with van der Waals surface area (Å²) in [6, 6.07) is 8.64. The van der Waals surface area contributed by atoms with Gasteiger partial charge in [0.05, 0.1) is 0 Å². The highest BCUT2D eigenvalue weighted by atomic mass is 35.5. The number of benzene rings is 1. The molecule has 1 aliphatic rings. The van der Waals surface area contributed by atoms with Gasteiger partial charge in [-0.1, -0.05) is 23.2 Å². The van der Waals surface area contributed by atoms with Crippen molar-refractivity contribution >= 4 is 40.7 Å². The van der Waals surface area contributed by atoms with Gasteiger partial charge in [-0.15, -0.1) is 0 Å². The Morgan fingerprint density at radius 3 is 2.35 bits per heavy atom. The van der Waals surface area contributed by atoms with E-state index in [-0.39, 0.29) is 11.8 Å². The number of anilines is 1. The largest absolute Gasteiger partial charge is 0.344 e. The lowest BCUT2D eigenvalue weighted by Crippen LogP contribution is -2.41. The summed E-state index contributed by atoms with van der Waals surface area (Å²) in [4.78, 5) is 31.1. The number of likely N-dealkylation sites (N-methyl/N-ethyl adjacent to an activating group) is 1. The molecule has 1 saturated carbocycles. The van der Waals surface area contributed by atoms with Crippen LogP contribution in [0.4, 0.5) is 5.69 Å². The number of hydrogen-bond acceptors (Lipinski definition) is 3. The van der Waals surface area contributed by atoms with Crippen LogP contribution < -0.4 is 5.32 Å². The zero-order valence-electron chi connectivity index (χ0n) is 14.3. The summed E-state index contributed by atoms with van der Waals surface area (Å²) < 4.78 is 0. The Morgan fingerprint density at radius 2 is 1.77 bits per heavy atom. The Balaban J connectivity index is 1.63. The van der Waals surface area contributed by atoms with E-state index in [1.165, 1.54) is 0 Å². The predicted octanol–water partition coefficient (Wildman–Crippen LogP) is 3.81. The molecule has 1 heterocycles. The highest BCUT2D eigenvalue weighted by Crippen LogP contribution is 2.48. The molecule has 1 aromatic heterocycles. The van der Waals surface area contributed by atoms with Crippen LogP contribution in [0.1, 0.15) is 18.4 Å². The standard InChI is InChI=1S/C19H19Cl2N3O2/c1-24(9-4-13-2-7-22-8-3-13)18(26)19(5-6-19)17(25)23-16-11-14(20)10-15(21)12-16/h2-3,7-8,10-12H,4-6,9H2,1H3,(H,23,25). The number of nitrogens with zero attached hydrogens (tertiary/aromatic N) is 2. The topological polar surface area (TPSA) is 62.3 Å². The van der Waals surface area contributed by atoms with Gasteiger partial charge in [0.25, 0.3) is 0 Å². The minimum atomic E-state index is -0.984. The third-order valence-corrected chi connectivity index (χ3v) is 4.98. The molecule has 3 rings (SSSR count). The first-order valence-corrected chi connectivity index (χ1v) is 9.08. The molecular weight excluding hydrogens is 373 g/mol. The van der Waals surface area contributed by atoms with Crippen LogP contribution in [0.25, 0.3) is 0 Å². The summed E-state index contributed by atoms with van der Waals surface area (Å²) in [5, 5.41) is 3.63. The molecule has 1 aromatic carbocycles. The lowest BCUT2D eigenvalue weighted by molar-refractivity contribution is -0.141. The maximum absolute atomic E-state index is 12.8. The first kappa shape index (κ1) is 18.7. The number of carbonyl (C=O) groups is 2. The fourth-order valence-corrected chi connectivity index (χ4v) is 3.38. The maximum atomic E-state index is 12.8. The normalized spacial score (nSPS) is 14.6. The lowest BCUT2D eigenvalue weighted by atomic mass is 10.0. The van der Waals surface area contributed by atoms with Gasteiger partial charge in [0.15, 0.2) is 0 Å². The van der Waals surface area contributed by atoms with Crippen molar-refractivity contribution in [2.45, 2.75) is 19.3 Å². The van der Waals surface area contributed by atoms with Crippen molar-refractivity contribution in [2.75, 3.05) is 18.9 Å². The van der Waals surface area contributed by atoms with E-state index >= 15 is 0 Å². The lowest BCUT2D eigenvalue weighted by Gasteiger charge is -2.23. The zero-order valence-corrected chi connectivity index (χ0v) is 15.8. The molecule has 2 aromatic rings. The van der Waals surface area contributed by atoms with Crippen molar-refractivity contribution in [3.63, 3.8) is 0 Å². The number of amides is 2. The molecule has 2 amide bonds. The van der Waals surface area contributed by atoms with Crippen molar-refractivity contribution in [1.29, 1.82) is 0 Å². The van der Waals surface area contributed by atoms with Crippen LogP contribution in [0.15, 0.2) is 42.7 Å². The summed E-state index contributed by atoms with van der Waals surface area (Å²) in [7, 11) is 1.73. The summed E-state index contributed by atoms with van der Waals surface area (Å²) in [5.74, 6) is -0.464. The number of nitrogens with one attached hydrogen (secondary N) is 1. The molecule has 0 saturated heterocycles. The number of aromatic nitrogens is 1. The Bertz CT molecular complexity index is 803. The molecule has 0 atom stereocenters. The Hall–Kier alpha value is -2.11. The van der Waals surface area contributed by atoms with E-state index in [1.54, 1.807) is 42.5 Å². The number of halogens is 2. The van der Waals surface area contributed by atoms with E-state index in [0.29, 0.717) is 41.5 Å². The van der Waals surface area contributed by atoms with Crippen LogP contribution in [0, 0.1) is 5.41 Å². The molecular formula is C19H19Cl2N3O2. The number of pyridine rings is 1. The number of rotatable bonds is 6. The van der Waals surface area contributed by atoms with E-state index in [1.807, 2.05) is 12.1 Å². The smallest absolute Gasteiger partial charge is 0.240 e. The minimum Gasteiger partial charge on any atom is -0.344 e. The van der Waals surface area contributed by atoms with Gasteiger partial charge in [0.1, 0.15) is 5.41 Å². The van der Waals surface area contributed by atoms with Gasteiger partial charge in [0, 0.05) is 41.7 Å². The van der Waals surface area contributed by atoms with E-state index < -0.39 is 5.41 Å². The van der Waals surface area contributed by atoms with Crippen LogP contribution >= 0.6 is 23.2 Å². The SMILES string of the molecule is CN(CCc1ccncc1)C(=O)C1(C(=O)Nc2cc(Cl)cc(Cl)c2)CC1. The molecule has 26 heavy (non-hydrogen) atoms. The molecule has 136 valence electrons. The van der Waals surface area contributed by atoms with Gasteiger partial charge < -0.3 is 10.2 Å². The van der Waals surface area contributed by atoms with E-state index in [2.05, 4.69) is 10.3 Å². The summed E-state index contributed by atoms with van der Waals surface area (Å²) in [6.45, 7) is 0.543. The van der Waals surface area contributed by atoms with Crippen LogP contribution in [0.2, 0.25) is 10.0 Å². The van der Waals surface area contributed by atoms with E-state index in [9.17, 15) is 9.59 Å². The van der Waals surface area contributed by atoms with Crippen molar-refractivity contribution in [1.82, 2.24) is 9.88 Å². The maximum Gasteiger partial charge on any atom is 0.240 e. The quantitative estimate of drug-likeness (QED) is 0.761. The van der Waals surface area contributed by atoms with Gasteiger partial charge in [-0.05, 0) is 55.2 Å². The summed E-state index contributed by atoms with van der Waals surface area (Å²) in [5.41, 5.74) is 0.607. The Labute approximate surface area is 162 Å². The van der Waals surface area contributed by atoms with Crippen molar-refractivity contribution in [3.05, 3.63) is 58.3 Å². The van der Waals surface area contributed by atoms with Gasteiger partial charge >= 0.3 is 0 Å². The molecule has 1 fully saturated rings. The molecule has 0 radical (unpaired) electrons. The number of carbonyl (C=O) groups excluding carboxylic acids is 2. The zero-order chi connectivity index (χ0) is 18.7. The van der Waals surface area contributed by atoms with Gasteiger partial charge in [0.2, 0.25) is 11.8 Å². The van der Waals surface area contributed by atoms with E-state index in [0.717, 1.165) is 5.56 Å². The van der Waals surface area contributed by atoms with Crippen LogP contribution in [-0.4, -0.2) is 35.3 Å². The average Bonchev–Trinajstić information content (AvgIpc) is 3.41. The van der Waals surface area contributed by atoms with Crippen LogP contribution in [0.3, 0.4) is 0 Å². The third kappa shape index (κ3) is 4.17. The predicted molar refractivity (Wildman–Crippen MR) is 102 cm³/mol. The van der Waals surface area contributed by atoms with Crippen molar-refractivity contribution < 1.29 is 9.59 Å². The molecule has 5 nitrogen and oxygen atoms in total. The first-order valence-electron chi connectivity index (χ1n) is 8.33. The second kappa shape index (κ2) is 7.64. The highest BCUT2D eigenvalue weighted by Gasteiger charge is 2.57. The molecule has 0 bridgehead atoms. The average molecular weight is 392 g/mol. The van der Waals surface area contributed by atoms with Crippen LogP contribution in [-0.2, 0) is 16.0 Å². The first-order chi connectivity index (χ1) is 12.4. The van der Waals surface area contributed by atoms with Gasteiger partial charge in [-0.25, -0.2) is 0 Å². The third-order valence-electron chi connectivity index (χ3n) is 4.55.